The third-order valence-electron chi connectivity index (χ3n) is 2.50. The van der Waals surface area contributed by atoms with Crippen molar-refractivity contribution in [2.75, 3.05) is 28.4 Å². The Labute approximate surface area is 118 Å². The summed E-state index contributed by atoms with van der Waals surface area (Å²) in [6.07, 6.45) is 0. The van der Waals surface area contributed by atoms with Gasteiger partial charge in [0.05, 0.1) is 28.4 Å². The molecule has 0 aromatic heterocycles. The molecule has 0 amide bonds. The van der Waals surface area contributed by atoms with Gasteiger partial charge < -0.3 is 24.7 Å². The number of nitrogens with two attached hydrogens (primary N) is 1. The van der Waals surface area contributed by atoms with Crippen molar-refractivity contribution < 1.29 is 23.7 Å². The Morgan fingerprint density at radius 3 is 1.84 bits per heavy atom. The molecule has 108 valence electrons. The average molecular weight is 292 g/mol. The molecule has 0 bridgehead atoms. The monoisotopic (exact) mass is 291 g/mol. The Morgan fingerprint density at radius 2 is 1.53 bits per heavy atom. The molecule has 1 aromatic carbocycles. The van der Waals surface area contributed by atoms with Crippen LogP contribution >= 0.6 is 12.4 Å². The van der Waals surface area contributed by atoms with E-state index in [1.165, 1.54) is 28.4 Å². The number of rotatable bonds is 5. The summed E-state index contributed by atoms with van der Waals surface area (Å²) in [6, 6.07) is 2.33. The summed E-state index contributed by atoms with van der Waals surface area (Å²) in [6.45, 7) is 0. The number of hydrogen-bond donors (Lipinski definition) is 1. The van der Waals surface area contributed by atoms with Gasteiger partial charge in [-0.25, -0.2) is 0 Å². The van der Waals surface area contributed by atoms with Crippen molar-refractivity contribution in [2.24, 2.45) is 5.73 Å². The zero-order valence-corrected chi connectivity index (χ0v) is 12.1. The molecule has 0 spiro atoms. The maximum atomic E-state index is 11.4. The lowest BCUT2D eigenvalue weighted by Gasteiger charge is -2.16. The molecule has 0 aliphatic heterocycles. The van der Waals surface area contributed by atoms with Crippen molar-refractivity contribution in [1.82, 2.24) is 0 Å². The van der Waals surface area contributed by atoms with E-state index >= 15 is 0 Å². The fourth-order valence-electron chi connectivity index (χ4n) is 1.54. The van der Waals surface area contributed by atoms with Crippen molar-refractivity contribution in [3.8, 4) is 17.2 Å². The number of carbonyl (C=O) groups is 1. The standard InChI is InChI=1S/C12H17NO5.ClH/c1-15-8-5-7(10(13)12(14)18-4)6-9(16-2)11(8)17-3;/h5-6,10H,13H2,1-4H3;1H/t10-;/m1./s1. The molecular weight excluding hydrogens is 274 g/mol. The van der Waals surface area contributed by atoms with Crippen molar-refractivity contribution in [3.05, 3.63) is 17.7 Å². The van der Waals surface area contributed by atoms with Crippen LogP contribution in [-0.4, -0.2) is 34.4 Å². The summed E-state index contributed by atoms with van der Waals surface area (Å²) in [5.41, 5.74) is 6.29. The van der Waals surface area contributed by atoms with Gasteiger partial charge in [0.15, 0.2) is 11.5 Å². The summed E-state index contributed by atoms with van der Waals surface area (Å²) in [4.78, 5) is 11.4. The van der Waals surface area contributed by atoms with E-state index in [-0.39, 0.29) is 12.4 Å². The van der Waals surface area contributed by atoms with Crippen molar-refractivity contribution in [3.63, 3.8) is 0 Å². The first-order chi connectivity index (χ1) is 8.58. The minimum atomic E-state index is -0.899. The maximum Gasteiger partial charge on any atom is 0.327 e. The number of hydrogen-bond acceptors (Lipinski definition) is 6. The van der Waals surface area contributed by atoms with Gasteiger partial charge in [-0.05, 0) is 17.7 Å². The smallest absolute Gasteiger partial charge is 0.327 e. The van der Waals surface area contributed by atoms with Gasteiger partial charge in [-0.3, -0.25) is 4.79 Å². The number of halogens is 1. The zero-order valence-electron chi connectivity index (χ0n) is 11.3. The van der Waals surface area contributed by atoms with Crippen LogP contribution < -0.4 is 19.9 Å². The third-order valence-corrected chi connectivity index (χ3v) is 2.50. The Kier molecular flexibility index (Phi) is 7.03. The zero-order chi connectivity index (χ0) is 13.7. The molecule has 0 saturated carbocycles. The quantitative estimate of drug-likeness (QED) is 0.824. The Morgan fingerprint density at radius 1 is 1.05 bits per heavy atom. The van der Waals surface area contributed by atoms with Gasteiger partial charge in [0, 0.05) is 0 Å². The van der Waals surface area contributed by atoms with E-state index in [1.807, 2.05) is 0 Å². The predicted molar refractivity (Wildman–Crippen MR) is 72.3 cm³/mol. The van der Waals surface area contributed by atoms with Crippen LogP contribution in [0.2, 0.25) is 0 Å². The molecule has 0 aliphatic carbocycles. The number of carbonyl (C=O) groups excluding carboxylic acids is 1. The minimum absolute atomic E-state index is 0. The second-order valence-corrected chi connectivity index (χ2v) is 3.46. The Bertz CT molecular complexity index is 413. The van der Waals surface area contributed by atoms with Crippen LogP contribution in [0.15, 0.2) is 12.1 Å². The van der Waals surface area contributed by atoms with E-state index in [0.717, 1.165) is 0 Å². The van der Waals surface area contributed by atoms with E-state index < -0.39 is 12.0 Å². The normalized spacial score (nSPS) is 11.0. The van der Waals surface area contributed by atoms with Crippen molar-refractivity contribution in [2.45, 2.75) is 6.04 Å². The lowest BCUT2D eigenvalue weighted by atomic mass is 10.1. The van der Waals surface area contributed by atoms with Gasteiger partial charge in [0.1, 0.15) is 6.04 Å². The SMILES string of the molecule is COC(=O)[C@H](N)c1cc(OC)c(OC)c(OC)c1.Cl. The molecule has 0 saturated heterocycles. The number of benzene rings is 1. The summed E-state index contributed by atoms with van der Waals surface area (Å²) in [5, 5.41) is 0. The van der Waals surface area contributed by atoms with Crippen LogP contribution in [0.1, 0.15) is 11.6 Å². The molecule has 0 unspecified atom stereocenters. The molecule has 1 rings (SSSR count). The largest absolute Gasteiger partial charge is 0.493 e. The summed E-state index contributed by atoms with van der Waals surface area (Å²) >= 11 is 0. The lowest BCUT2D eigenvalue weighted by molar-refractivity contribution is -0.142. The number of ether oxygens (including phenoxy) is 4. The molecule has 1 atom stereocenters. The van der Waals surface area contributed by atoms with Crippen LogP contribution in [0.5, 0.6) is 17.2 Å². The molecule has 2 N–H and O–H groups in total. The van der Waals surface area contributed by atoms with Crippen molar-refractivity contribution in [1.29, 1.82) is 0 Å². The van der Waals surface area contributed by atoms with Gasteiger partial charge >= 0.3 is 5.97 Å². The second-order valence-electron chi connectivity index (χ2n) is 3.46. The van der Waals surface area contributed by atoms with Crippen LogP contribution in [-0.2, 0) is 9.53 Å². The van der Waals surface area contributed by atoms with Gasteiger partial charge in [0.25, 0.3) is 0 Å². The van der Waals surface area contributed by atoms with E-state index in [0.29, 0.717) is 22.8 Å². The van der Waals surface area contributed by atoms with E-state index in [1.54, 1.807) is 12.1 Å². The molecule has 0 heterocycles. The fourth-order valence-corrected chi connectivity index (χ4v) is 1.54. The molecule has 7 heteroatoms. The molecule has 19 heavy (non-hydrogen) atoms. The van der Waals surface area contributed by atoms with E-state index in [4.69, 9.17) is 19.9 Å². The molecule has 0 fully saturated rings. The highest BCUT2D eigenvalue weighted by Crippen LogP contribution is 2.39. The maximum absolute atomic E-state index is 11.4. The molecule has 1 aromatic rings. The van der Waals surface area contributed by atoms with Gasteiger partial charge in [-0.1, -0.05) is 0 Å². The predicted octanol–water partition coefficient (Wildman–Crippen LogP) is 1.31. The van der Waals surface area contributed by atoms with E-state index in [2.05, 4.69) is 4.74 Å². The third kappa shape index (κ3) is 3.65. The van der Waals surface area contributed by atoms with Gasteiger partial charge in [-0.2, -0.15) is 0 Å². The van der Waals surface area contributed by atoms with E-state index in [9.17, 15) is 4.79 Å². The number of methoxy groups -OCH3 is 4. The number of esters is 1. The Balaban J connectivity index is 0.00000324. The highest BCUT2D eigenvalue weighted by molar-refractivity contribution is 5.85. The van der Waals surface area contributed by atoms with Crippen LogP contribution in [0.4, 0.5) is 0 Å². The Hall–Kier alpha value is -1.66. The molecule has 6 nitrogen and oxygen atoms in total. The fraction of sp³-hybridized carbons (Fsp3) is 0.417. The topological polar surface area (TPSA) is 80.0 Å². The van der Waals surface area contributed by atoms with Gasteiger partial charge in [0.2, 0.25) is 5.75 Å². The summed E-state index contributed by atoms with van der Waals surface area (Å²) < 4.78 is 20.1. The molecule has 0 aliphatic rings. The first-order valence-corrected chi connectivity index (χ1v) is 5.22. The first-order valence-electron chi connectivity index (χ1n) is 5.22. The average Bonchev–Trinajstić information content (AvgIpc) is 2.43. The van der Waals surface area contributed by atoms with Crippen LogP contribution in [0.25, 0.3) is 0 Å². The van der Waals surface area contributed by atoms with Crippen LogP contribution in [0.3, 0.4) is 0 Å². The highest BCUT2D eigenvalue weighted by Gasteiger charge is 2.21. The van der Waals surface area contributed by atoms with Crippen LogP contribution in [0, 0.1) is 0 Å². The minimum Gasteiger partial charge on any atom is -0.493 e. The lowest BCUT2D eigenvalue weighted by Crippen LogP contribution is -2.22. The summed E-state index contributed by atoms with van der Waals surface area (Å²) in [5.74, 6) is 0.780. The second kappa shape index (κ2) is 7.70. The highest BCUT2D eigenvalue weighted by atomic mass is 35.5. The molecule has 0 radical (unpaired) electrons. The first kappa shape index (κ1) is 17.3. The summed E-state index contributed by atoms with van der Waals surface area (Å²) in [7, 11) is 5.76. The van der Waals surface area contributed by atoms with Crippen molar-refractivity contribution >= 4 is 18.4 Å². The van der Waals surface area contributed by atoms with Gasteiger partial charge in [-0.15, -0.1) is 12.4 Å². The molecular formula is C12H18ClNO5.